The maximum Gasteiger partial charge on any atom is 0.260 e. The summed E-state index contributed by atoms with van der Waals surface area (Å²) in [5, 5.41) is 2.80. The fourth-order valence-electron chi connectivity index (χ4n) is 1.89. The van der Waals surface area contributed by atoms with E-state index in [1.165, 1.54) is 5.56 Å². The highest BCUT2D eigenvalue weighted by atomic mass is 79.9. The van der Waals surface area contributed by atoms with Crippen molar-refractivity contribution in [3.8, 4) is 11.5 Å². The number of carbonyl (C=O) groups is 1. The Kier molecular flexibility index (Phi) is 6.47. The number of halogens is 1. The Balaban J connectivity index is 1.69. The Morgan fingerprint density at radius 1 is 1.09 bits per heavy atom. The molecule has 23 heavy (non-hydrogen) atoms. The van der Waals surface area contributed by atoms with Gasteiger partial charge in [0.2, 0.25) is 0 Å². The molecular weight excluding hydrogens is 358 g/mol. The molecule has 0 aliphatic heterocycles. The Morgan fingerprint density at radius 2 is 1.70 bits per heavy atom. The third-order valence-electron chi connectivity index (χ3n) is 3.19. The van der Waals surface area contributed by atoms with E-state index in [0.717, 1.165) is 10.2 Å². The summed E-state index contributed by atoms with van der Waals surface area (Å²) in [5.74, 6) is 1.29. The topological polar surface area (TPSA) is 47.6 Å². The largest absolute Gasteiger partial charge is 0.492 e. The molecule has 122 valence electrons. The van der Waals surface area contributed by atoms with Crippen LogP contribution in [0.4, 0.5) is 0 Å². The molecule has 4 nitrogen and oxygen atoms in total. The number of amides is 1. The minimum Gasteiger partial charge on any atom is -0.492 e. The summed E-state index contributed by atoms with van der Waals surface area (Å²) in [6, 6.07) is 15.2. The molecule has 0 aliphatic rings. The van der Waals surface area contributed by atoms with Crippen LogP contribution in [0.3, 0.4) is 0 Å². The van der Waals surface area contributed by atoms with Gasteiger partial charge in [-0.15, -0.1) is 0 Å². The fraction of sp³-hybridized carbons (Fsp3) is 0.278. The van der Waals surface area contributed by atoms with Gasteiger partial charge in [0.15, 0.2) is 6.10 Å². The lowest BCUT2D eigenvalue weighted by molar-refractivity contribution is -0.127. The van der Waals surface area contributed by atoms with E-state index in [-0.39, 0.29) is 5.91 Å². The van der Waals surface area contributed by atoms with Crippen molar-refractivity contribution in [3.63, 3.8) is 0 Å². The van der Waals surface area contributed by atoms with Crippen molar-refractivity contribution in [2.75, 3.05) is 13.2 Å². The summed E-state index contributed by atoms with van der Waals surface area (Å²) in [7, 11) is 0. The van der Waals surface area contributed by atoms with Crippen molar-refractivity contribution in [3.05, 3.63) is 58.6 Å². The SMILES string of the molecule is Cc1ccc(OCCNC(=O)[C@H](C)Oc2ccc(Br)cc2)cc1. The van der Waals surface area contributed by atoms with E-state index in [1.54, 1.807) is 6.92 Å². The summed E-state index contributed by atoms with van der Waals surface area (Å²) in [6.07, 6.45) is -0.560. The van der Waals surface area contributed by atoms with Gasteiger partial charge in [-0.25, -0.2) is 0 Å². The van der Waals surface area contributed by atoms with Gasteiger partial charge in [0, 0.05) is 4.47 Å². The van der Waals surface area contributed by atoms with E-state index >= 15 is 0 Å². The number of carbonyl (C=O) groups excluding carboxylic acids is 1. The van der Waals surface area contributed by atoms with Crippen LogP contribution in [-0.2, 0) is 4.79 Å². The molecule has 0 heterocycles. The first-order chi connectivity index (χ1) is 11.0. The monoisotopic (exact) mass is 377 g/mol. The highest BCUT2D eigenvalue weighted by Crippen LogP contribution is 2.17. The Bertz CT molecular complexity index is 626. The van der Waals surface area contributed by atoms with Crippen molar-refractivity contribution < 1.29 is 14.3 Å². The number of hydrogen-bond acceptors (Lipinski definition) is 3. The zero-order valence-corrected chi connectivity index (χ0v) is 14.8. The number of benzene rings is 2. The lowest BCUT2D eigenvalue weighted by Crippen LogP contribution is -2.38. The number of aryl methyl sites for hydroxylation is 1. The van der Waals surface area contributed by atoms with E-state index in [1.807, 2.05) is 55.5 Å². The Labute approximate surface area is 144 Å². The van der Waals surface area contributed by atoms with Crippen molar-refractivity contribution in [1.82, 2.24) is 5.32 Å². The lowest BCUT2D eigenvalue weighted by Gasteiger charge is -2.15. The maximum absolute atomic E-state index is 12.0. The maximum atomic E-state index is 12.0. The van der Waals surface area contributed by atoms with Gasteiger partial charge in [-0.1, -0.05) is 33.6 Å². The van der Waals surface area contributed by atoms with Gasteiger partial charge in [0.25, 0.3) is 5.91 Å². The zero-order valence-electron chi connectivity index (χ0n) is 13.2. The van der Waals surface area contributed by atoms with E-state index in [9.17, 15) is 4.79 Å². The van der Waals surface area contributed by atoms with Crippen LogP contribution >= 0.6 is 15.9 Å². The molecule has 0 fully saturated rings. The quantitative estimate of drug-likeness (QED) is 0.747. The van der Waals surface area contributed by atoms with Crippen molar-refractivity contribution in [2.24, 2.45) is 0 Å². The standard InChI is InChI=1S/C18H20BrNO3/c1-13-3-7-16(8-4-13)22-12-11-20-18(21)14(2)23-17-9-5-15(19)6-10-17/h3-10,14H,11-12H2,1-2H3,(H,20,21)/t14-/m0/s1. The lowest BCUT2D eigenvalue weighted by atomic mass is 10.2. The predicted octanol–water partition coefficient (Wildman–Crippen LogP) is 3.72. The Morgan fingerprint density at radius 3 is 2.35 bits per heavy atom. The smallest absolute Gasteiger partial charge is 0.260 e. The second-order valence-electron chi connectivity index (χ2n) is 5.17. The molecule has 1 N–H and O–H groups in total. The highest BCUT2D eigenvalue weighted by Gasteiger charge is 2.13. The van der Waals surface area contributed by atoms with Crippen LogP contribution in [0, 0.1) is 6.92 Å². The highest BCUT2D eigenvalue weighted by molar-refractivity contribution is 9.10. The van der Waals surface area contributed by atoms with Crippen LogP contribution in [0.1, 0.15) is 12.5 Å². The minimum atomic E-state index is -0.560. The molecule has 0 saturated heterocycles. The van der Waals surface area contributed by atoms with Gasteiger partial charge in [0.1, 0.15) is 18.1 Å². The normalized spacial score (nSPS) is 11.6. The van der Waals surface area contributed by atoms with Crippen LogP contribution < -0.4 is 14.8 Å². The van der Waals surface area contributed by atoms with Crippen molar-refractivity contribution in [1.29, 1.82) is 0 Å². The summed E-state index contributed by atoms with van der Waals surface area (Å²) in [6.45, 7) is 4.59. The predicted molar refractivity (Wildman–Crippen MR) is 93.9 cm³/mol. The van der Waals surface area contributed by atoms with Gasteiger partial charge < -0.3 is 14.8 Å². The average molecular weight is 378 g/mol. The molecular formula is C18H20BrNO3. The van der Waals surface area contributed by atoms with Crippen LogP contribution in [0.15, 0.2) is 53.0 Å². The molecule has 0 aliphatic carbocycles. The second kappa shape index (κ2) is 8.58. The first kappa shape index (κ1) is 17.3. The van der Waals surface area contributed by atoms with E-state index in [4.69, 9.17) is 9.47 Å². The van der Waals surface area contributed by atoms with E-state index in [0.29, 0.717) is 18.9 Å². The molecule has 2 rings (SSSR count). The van der Waals surface area contributed by atoms with Gasteiger partial charge in [-0.05, 0) is 50.2 Å². The number of hydrogen-bond donors (Lipinski definition) is 1. The molecule has 0 bridgehead atoms. The van der Waals surface area contributed by atoms with Crippen LogP contribution in [-0.4, -0.2) is 25.2 Å². The zero-order chi connectivity index (χ0) is 16.7. The van der Waals surface area contributed by atoms with E-state index in [2.05, 4.69) is 21.2 Å². The van der Waals surface area contributed by atoms with Crippen LogP contribution in [0.5, 0.6) is 11.5 Å². The molecule has 0 aromatic heterocycles. The number of nitrogens with one attached hydrogen (secondary N) is 1. The summed E-state index contributed by atoms with van der Waals surface area (Å²) in [4.78, 5) is 12.0. The summed E-state index contributed by atoms with van der Waals surface area (Å²) >= 11 is 3.36. The summed E-state index contributed by atoms with van der Waals surface area (Å²) in [5.41, 5.74) is 1.18. The number of rotatable bonds is 7. The molecule has 0 radical (unpaired) electrons. The van der Waals surface area contributed by atoms with Crippen molar-refractivity contribution >= 4 is 21.8 Å². The molecule has 5 heteroatoms. The minimum absolute atomic E-state index is 0.166. The van der Waals surface area contributed by atoms with Gasteiger partial charge in [-0.2, -0.15) is 0 Å². The molecule has 2 aromatic rings. The first-order valence-electron chi connectivity index (χ1n) is 7.44. The molecule has 1 amide bonds. The number of ether oxygens (including phenoxy) is 2. The third-order valence-corrected chi connectivity index (χ3v) is 3.72. The van der Waals surface area contributed by atoms with E-state index < -0.39 is 6.10 Å². The molecule has 2 aromatic carbocycles. The molecule has 1 atom stereocenters. The van der Waals surface area contributed by atoms with Crippen LogP contribution in [0.25, 0.3) is 0 Å². The Hall–Kier alpha value is -2.01. The first-order valence-corrected chi connectivity index (χ1v) is 8.23. The second-order valence-corrected chi connectivity index (χ2v) is 6.08. The molecule has 0 spiro atoms. The van der Waals surface area contributed by atoms with Gasteiger partial charge in [0.05, 0.1) is 6.54 Å². The van der Waals surface area contributed by atoms with Gasteiger partial charge in [-0.3, -0.25) is 4.79 Å². The summed E-state index contributed by atoms with van der Waals surface area (Å²) < 4.78 is 12.1. The average Bonchev–Trinajstić information content (AvgIpc) is 2.55. The van der Waals surface area contributed by atoms with Crippen molar-refractivity contribution in [2.45, 2.75) is 20.0 Å². The fourth-order valence-corrected chi connectivity index (χ4v) is 2.16. The third kappa shape index (κ3) is 5.94. The molecule has 0 unspecified atom stereocenters. The molecule has 0 saturated carbocycles. The van der Waals surface area contributed by atoms with Crippen LogP contribution in [0.2, 0.25) is 0 Å². The van der Waals surface area contributed by atoms with Gasteiger partial charge >= 0.3 is 0 Å².